The zero-order valence-corrected chi connectivity index (χ0v) is 11.6. The number of rotatable bonds is 5. The van der Waals surface area contributed by atoms with Gasteiger partial charge in [0.2, 0.25) is 5.89 Å². The van der Waals surface area contributed by atoms with Crippen molar-refractivity contribution in [2.24, 2.45) is 0 Å². The lowest BCUT2D eigenvalue weighted by Crippen LogP contribution is -1.84. The van der Waals surface area contributed by atoms with Crippen molar-refractivity contribution in [1.82, 2.24) is 4.98 Å². The van der Waals surface area contributed by atoms with Crippen molar-refractivity contribution in [3.05, 3.63) is 41.9 Å². The molecule has 0 aliphatic rings. The summed E-state index contributed by atoms with van der Waals surface area (Å²) in [6.45, 7) is 4.06. The van der Waals surface area contributed by atoms with Gasteiger partial charge in [0.05, 0.1) is 6.20 Å². The first kappa shape index (κ1) is 13.2. The number of aryl methyl sites for hydroxylation is 1. The highest BCUT2D eigenvalue weighted by atomic mass is 35.5. The lowest BCUT2D eigenvalue weighted by Gasteiger charge is -2.01. The molecular formula is C15H18ClNO. The smallest absolute Gasteiger partial charge is 0.212 e. The van der Waals surface area contributed by atoms with Crippen molar-refractivity contribution >= 4 is 11.6 Å². The first-order chi connectivity index (χ1) is 8.70. The molecule has 2 nitrogen and oxygen atoms in total. The van der Waals surface area contributed by atoms with E-state index in [1.54, 1.807) is 6.20 Å². The van der Waals surface area contributed by atoms with E-state index in [2.05, 4.69) is 36.2 Å². The van der Waals surface area contributed by atoms with Gasteiger partial charge in [-0.05, 0) is 25.3 Å². The molecule has 0 saturated heterocycles. The minimum atomic E-state index is -0.192. The molecule has 2 rings (SSSR count). The fourth-order valence-corrected chi connectivity index (χ4v) is 1.92. The Balaban J connectivity index is 2.12. The Morgan fingerprint density at radius 1 is 1.28 bits per heavy atom. The number of oxazole rings is 1. The summed E-state index contributed by atoms with van der Waals surface area (Å²) in [6.07, 6.45) is 5.32. The fourth-order valence-electron chi connectivity index (χ4n) is 1.82. The molecule has 0 bridgehead atoms. The van der Waals surface area contributed by atoms with Crippen LogP contribution in [0.25, 0.3) is 11.3 Å². The van der Waals surface area contributed by atoms with Crippen LogP contribution in [0.3, 0.4) is 0 Å². The molecule has 0 aliphatic heterocycles. The van der Waals surface area contributed by atoms with Gasteiger partial charge >= 0.3 is 0 Å². The molecule has 0 saturated carbocycles. The molecule has 1 aromatic heterocycles. The molecule has 1 aromatic carbocycles. The fraction of sp³-hybridized carbons (Fsp3) is 0.400. The summed E-state index contributed by atoms with van der Waals surface area (Å²) < 4.78 is 5.61. The Labute approximate surface area is 113 Å². The summed E-state index contributed by atoms with van der Waals surface area (Å²) in [4.78, 5) is 4.17. The molecule has 0 N–H and O–H groups in total. The maximum atomic E-state index is 5.93. The number of halogens is 1. The SMILES string of the molecule is CCCCc1ccc(-c2cnc(C(C)Cl)o2)cc1. The van der Waals surface area contributed by atoms with Crippen molar-refractivity contribution in [2.75, 3.05) is 0 Å². The van der Waals surface area contributed by atoms with Gasteiger partial charge in [-0.3, -0.25) is 0 Å². The van der Waals surface area contributed by atoms with Crippen molar-refractivity contribution in [2.45, 2.75) is 38.5 Å². The monoisotopic (exact) mass is 263 g/mol. The third-order valence-corrected chi connectivity index (χ3v) is 3.11. The number of hydrogen-bond acceptors (Lipinski definition) is 2. The van der Waals surface area contributed by atoms with Gasteiger partial charge in [-0.2, -0.15) is 0 Å². The van der Waals surface area contributed by atoms with E-state index in [0.717, 1.165) is 17.7 Å². The van der Waals surface area contributed by atoms with Gasteiger partial charge in [0.15, 0.2) is 5.76 Å². The highest BCUT2D eigenvalue weighted by molar-refractivity contribution is 6.20. The zero-order valence-electron chi connectivity index (χ0n) is 10.8. The van der Waals surface area contributed by atoms with Crippen LogP contribution in [0.2, 0.25) is 0 Å². The molecule has 0 aliphatic carbocycles. The van der Waals surface area contributed by atoms with Gasteiger partial charge < -0.3 is 4.42 Å². The molecule has 1 heterocycles. The summed E-state index contributed by atoms with van der Waals surface area (Å²) in [5.41, 5.74) is 2.41. The van der Waals surface area contributed by atoms with Crippen LogP contribution in [0.5, 0.6) is 0 Å². The molecule has 18 heavy (non-hydrogen) atoms. The van der Waals surface area contributed by atoms with Crippen LogP contribution < -0.4 is 0 Å². The number of nitrogens with zero attached hydrogens (tertiary/aromatic N) is 1. The quantitative estimate of drug-likeness (QED) is 0.711. The second kappa shape index (κ2) is 6.05. The number of hydrogen-bond donors (Lipinski definition) is 0. The second-order valence-electron chi connectivity index (χ2n) is 4.48. The molecule has 96 valence electrons. The molecule has 2 aromatic rings. The molecular weight excluding hydrogens is 246 g/mol. The third-order valence-electron chi connectivity index (χ3n) is 2.92. The van der Waals surface area contributed by atoms with E-state index >= 15 is 0 Å². The molecule has 1 atom stereocenters. The summed E-state index contributed by atoms with van der Waals surface area (Å²) in [6, 6.07) is 8.46. The Bertz CT molecular complexity index is 487. The van der Waals surface area contributed by atoms with Gasteiger partial charge in [0.25, 0.3) is 0 Å². The Morgan fingerprint density at radius 2 is 2.00 bits per heavy atom. The molecule has 0 radical (unpaired) electrons. The Hall–Kier alpha value is -1.28. The molecule has 0 spiro atoms. The lowest BCUT2D eigenvalue weighted by atomic mass is 10.1. The van der Waals surface area contributed by atoms with E-state index in [-0.39, 0.29) is 5.38 Å². The van der Waals surface area contributed by atoms with Gasteiger partial charge in [-0.15, -0.1) is 11.6 Å². The van der Waals surface area contributed by atoms with Crippen molar-refractivity contribution < 1.29 is 4.42 Å². The van der Waals surface area contributed by atoms with Gasteiger partial charge in [0, 0.05) is 5.56 Å². The van der Waals surface area contributed by atoms with E-state index in [1.807, 2.05) is 6.92 Å². The highest BCUT2D eigenvalue weighted by Crippen LogP contribution is 2.25. The van der Waals surface area contributed by atoms with Crippen LogP contribution in [-0.4, -0.2) is 4.98 Å². The first-order valence-corrected chi connectivity index (χ1v) is 6.83. The minimum Gasteiger partial charge on any atom is -0.439 e. The van der Waals surface area contributed by atoms with E-state index in [4.69, 9.17) is 16.0 Å². The average Bonchev–Trinajstić information content (AvgIpc) is 2.87. The predicted octanol–water partition coefficient (Wildman–Crippen LogP) is 4.98. The highest BCUT2D eigenvalue weighted by Gasteiger charge is 2.10. The van der Waals surface area contributed by atoms with Crippen LogP contribution in [0.1, 0.15) is 43.5 Å². The summed E-state index contributed by atoms with van der Waals surface area (Å²) in [5, 5.41) is -0.192. The van der Waals surface area contributed by atoms with E-state index in [0.29, 0.717) is 5.89 Å². The van der Waals surface area contributed by atoms with E-state index < -0.39 is 0 Å². The van der Waals surface area contributed by atoms with Gasteiger partial charge in [0.1, 0.15) is 5.38 Å². The molecule has 3 heteroatoms. The number of alkyl halides is 1. The lowest BCUT2D eigenvalue weighted by molar-refractivity contribution is 0.508. The van der Waals surface area contributed by atoms with E-state index in [9.17, 15) is 0 Å². The van der Waals surface area contributed by atoms with Gasteiger partial charge in [-0.1, -0.05) is 37.6 Å². The Kier molecular flexibility index (Phi) is 4.43. The number of benzene rings is 1. The minimum absolute atomic E-state index is 0.192. The maximum absolute atomic E-state index is 5.93. The molecule has 0 amide bonds. The average molecular weight is 264 g/mol. The summed E-state index contributed by atoms with van der Waals surface area (Å²) >= 11 is 5.93. The Morgan fingerprint density at radius 3 is 2.56 bits per heavy atom. The normalized spacial score (nSPS) is 12.6. The second-order valence-corrected chi connectivity index (χ2v) is 5.13. The van der Waals surface area contributed by atoms with Crippen molar-refractivity contribution in [3.63, 3.8) is 0 Å². The topological polar surface area (TPSA) is 26.0 Å². The van der Waals surface area contributed by atoms with Crippen LogP contribution in [0, 0.1) is 0 Å². The van der Waals surface area contributed by atoms with Crippen molar-refractivity contribution in [3.8, 4) is 11.3 Å². The molecule has 1 unspecified atom stereocenters. The predicted molar refractivity (Wildman–Crippen MR) is 74.8 cm³/mol. The standard InChI is InChI=1S/C15H18ClNO/c1-3-4-5-12-6-8-13(9-7-12)14-10-17-15(18-14)11(2)16/h6-11H,3-5H2,1-2H3. The van der Waals surface area contributed by atoms with Gasteiger partial charge in [-0.25, -0.2) is 4.98 Å². The third kappa shape index (κ3) is 3.14. The van der Waals surface area contributed by atoms with Crippen LogP contribution in [0.15, 0.2) is 34.9 Å². The largest absolute Gasteiger partial charge is 0.439 e. The zero-order chi connectivity index (χ0) is 13.0. The number of unbranched alkanes of at least 4 members (excludes halogenated alkanes) is 1. The van der Waals surface area contributed by atoms with E-state index in [1.165, 1.54) is 18.4 Å². The first-order valence-electron chi connectivity index (χ1n) is 6.39. The summed E-state index contributed by atoms with van der Waals surface area (Å²) in [5.74, 6) is 1.35. The van der Waals surface area contributed by atoms with Crippen LogP contribution in [-0.2, 0) is 6.42 Å². The van der Waals surface area contributed by atoms with Crippen LogP contribution in [0.4, 0.5) is 0 Å². The summed E-state index contributed by atoms with van der Waals surface area (Å²) in [7, 11) is 0. The maximum Gasteiger partial charge on any atom is 0.212 e. The van der Waals surface area contributed by atoms with Crippen molar-refractivity contribution in [1.29, 1.82) is 0 Å². The van der Waals surface area contributed by atoms with Crippen LogP contribution >= 0.6 is 11.6 Å². The molecule has 0 fully saturated rings. The number of aromatic nitrogens is 1.